The summed E-state index contributed by atoms with van der Waals surface area (Å²) in [4.78, 5) is 7.28. The molecule has 0 amide bonds. The van der Waals surface area contributed by atoms with Gasteiger partial charge in [-0.15, -0.1) is 0 Å². The first-order chi connectivity index (χ1) is 34.2. The first-order valence-corrected chi connectivity index (χ1v) is 23.8. The molecule has 0 aliphatic carbocycles. The highest BCUT2D eigenvalue weighted by Crippen LogP contribution is 2.49. The average molecular weight is 879 g/mol. The lowest BCUT2D eigenvalue weighted by Crippen LogP contribution is -2.67. The minimum Gasteiger partial charge on any atom is -0.458 e. The molecule has 0 bridgehead atoms. The second-order valence-corrected chi connectivity index (χ2v) is 18.7. The maximum Gasteiger partial charge on any atom is 0.256 e. The zero-order valence-electron chi connectivity index (χ0n) is 37.1. The molecule has 0 N–H and O–H groups in total. The maximum atomic E-state index is 7.40. The van der Waals surface area contributed by atoms with Crippen molar-refractivity contribution in [2.45, 2.75) is 0 Å². The molecule has 6 aliphatic heterocycles. The van der Waals surface area contributed by atoms with Crippen LogP contribution < -0.4 is 78.1 Å². The van der Waals surface area contributed by atoms with E-state index in [2.05, 4.69) is 233 Å². The Morgan fingerprint density at radius 1 is 0.290 bits per heavy atom. The number of fused-ring (bicyclic) bond motifs is 14. The number of nitrogens with zero attached hydrogens (tertiary/aromatic N) is 3. The fourth-order valence-electron chi connectivity index (χ4n) is 12.5. The predicted molar refractivity (Wildman–Crippen MR) is 284 cm³/mol. The van der Waals surface area contributed by atoms with Crippen molar-refractivity contribution < 1.29 is 14.2 Å². The molecule has 0 radical (unpaired) electrons. The van der Waals surface area contributed by atoms with Crippen LogP contribution in [0, 0.1) is 0 Å². The highest BCUT2D eigenvalue weighted by molar-refractivity contribution is 7.04. The molecule has 0 unspecified atom stereocenters. The van der Waals surface area contributed by atoms with Gasteiger partial charge in [-0.05, 0) is 128 Å². The highest BCUT2D eigenvalue weighted by Gasteiger charge is 2.52. The van der Waals surface area contributed by atoms with Crippen molar-refractivity contribution in [2.24, 2.45) is 0 Å². The molecule has 318 valence electrons. The summed E-state index contributed by atoms with van der Waals surface area (Å²) in [7, 11) is 0. The number of ether oxygens (including phenoxy) is 3. The molecule has 6 aliphatic rings. The number of hydrogen-bond acceptors (Lipinski definition) is 6. The molecule has 16 rings (SSSR count). The molecule has 10 aromatic rings. The van der Waals surface area contributed by atoms with Crippen LogP contribution in [0.2, 0.25) is 0 Å². The Morgan fingerprint density at radius 2 is 0.768 bits per heavy atom. The molecular weight excluding hydrogens is 843 g/mol. The molecule has 10 aromatic carbocycles. The van der Waals surface area contributed by atoms with Crippen LogP contribution in [0.4, 0.5) is 51.2 Å². The van der Waals surface area contributed by atoms with Crippen LogP contribution in [-0.2, 0) is 0 Å². The van der Waals surface area contributed by atoms with Crippen LogP contribution in [0.25, 0.3) is 0 Å². The van der Waals surface area contributed by atoms with E-state index in [1.54, 1.807) is 0 Å². The summed E-state index contributed by atoms with van der Waals surface area (Å²) in [5.41, 5.74) is 20.5. The van der Waals surface area contributed by atoms with Crippen LogP contribution in [0.3, 0.4) is 0 Å². The Morgan fingerprint density at radius 3 is 1.38 bits per heavy atom. The summed E-state index contributed by atoms with van der Waals surface area (Å²) in [5.74, 6) is 5.09. The van der Waals surface area contributed by atoms with Gasteiger partial charge in [-0.2, -0.15) is 0 Å². The molecule has 6 nitrogen and oxygen atoms in total. The lowest BCUT2D eigenvalue weighted by molar-refractivity contribution is 0.466. The highest BCUT2D eigenvalue weighted by atomic mass is 16.5. The molecule has 6 heterocycles. The Balaban J connectivity index is 0.973. The van der Waals surface area contributed by atoms with Crippen molar-refractivity contribution >= 4 is 120 Å². The van der Waals surface area contributed by atoms with Gasteiger partial charge in [0.2, 0.25) is 0 Å². The number of hydrogen-bond donors (Lipinski definition) is 0. The van der Waals surface area contributed by atoms with Crippen LogP contribution in [0.1, 0.15) is 0 Å². The van der Waals surface area contributed by atoms with Gasteiger partial charge in [-0.25, -0.2) is 0 Å². The zero-order valence-corrected chi connectivity index (χ0v) is 37.1. The van der Waals surface area contributed by atoms with E-state index in [0.717, 1.165) is 96.2 Å². The third kappa shape index (κ3) is 5.08. The van der Waals surface area contributed by atoms with Gasteiger partial charge in [0.15, 0.2) is 0 Å². The van der Waals surface area contributed by atoms with E-state index in [1.807, 2.05) is 0 Å². The van der Waals surface area contributed by atoms with Gasteiger partial charge in [-0.1, -0.05) is 127 Å². The van der Waals surface area contributed by atoms with Crippen LogP contribution in [0.5, 0.6) is 34.5 Å². The number of para-hydroxylation sites is 7. The molecule has 0 atom stereocenters. The maximum absolute atomic E-state index is 7.40. The molecule has 0 spiro atoms. The Kier molecular flexibility index (Phi) is 7.50. The van der Waals surface area contributed by atoms with Crippen molar-refractivity contribution in [1.82, 2.24) is 0 Å². The standard InChI is InChI=1S/C60H36B3N3O3/c1-4-18-37(19-5-1)64(38-20-6-2-7-21-38)40-32-50-57-54(33-40)67-52-31-17-13-27-44(52)63(57)45-35-53-46(34-49(45)65(50)39-22-8-3-9-23-39)62-42-25-11-15-29-48(42)66-47-28-14-10-24-41(47)61-43-26-12-16-30-51(43)68-55-36-56(69-53)59(62)60(66)58(55)61/h1-36H. The fraction of sp³-hybridized carbons (Fsp3) is 0. The van der Waals surface area contributed by atoms with Gasteiger partial charge in [-0.3, -0.25) is 0 Å². The first kappa shape index (κ1) is 37.3. The van der Waals surface area contributed by atoms with Gasteiger partial charge >= 0.3 is 0 Å². The molecule has 0 fully saturated rings. The lowest BCUT2D eigenvalue weighted by Gasteiger charge is -2.47. The van der Waals surface area contributed by atoms with E-state index in [4.69, 9.17) is 14.2 Å². The quantitative estimate of drug-likeness (QED) is 0.165. The zero-order chi connectivity index (χ0) is 44.9. The summed E-state index contributed by atoms with van der Waals surface area (Å²) in [6.07, 6.45) is 0. The summed E-state index contributed by atoms with van der Waals surface area (Å²) in [6.45, 7) is -0.265. The minimum absolute atomic E-state index is 0.00179. The summed E-state index contributed by atoms with van der Waals surface area (Å²) in [6, 6.07) is 78.5. The Bertz CT molecular complexity index is 3790. The third-order valence-corrected chi connectivity index (χ3v) is 15.2. The van der Waals surface area contributed by atoms with E-state index in [-0.39, 0.29) is 20.1 Å². The van der Waals surface area contributed by atoms with Gasteiger partial charge in [0.25, 0.3) is 20.1 Å². The Hall–Kier alpha value is -8.81. The molecule has 0 saturated carbocycles. The fourth-order valence-corrected chi connectivity index (χ4v) is 12.5. The number of anilines is 9. The van der Waals surface area contributed by atoms with E-state index >= 15 is 0 Å². The topological polar surface area (TPSA) is 37.4 Å². The van der Waals surface area contributed by atoms with Crippen molar-refractivity contribution in [3.8, 4) is 34.5 Å². The number of rotatable bonds is 4. The molecular formula is C60H36B3N3O3. The van der Waals surface area contributed by atoms with Crippen LogP contribution in [-0.4, -0.2) is 20.1 Å². The average Bonchev–Trinajstić information content (AvgIpc) is 3.40. The van der Waals surface area contributed by atoms with Crippen molar-refractivity contribution in [2.75, 3.05) is 14.7 Å². The molecule has 9 heteroatoms. The molecule has 0 aromatic heterocycles. The largest absolute Gasteiger partial charge is 0.458 e. The lowest BCUT2D eigenvalue weighted by atomic mass is 9.29. The Labute approximate surface area is 400 Å². The van der Waals surface area contributed by atoms with E-state index in [0.29, 0.717) is 0 Å². The van der Waals surface area contributed by atoms with Crippen LogP contribution in [0.15, 0.2) is 218 Å². The van der Waals surface area contributed by atoms with Crippen LogP contribution >= 0.6 is 0 Å². The summed E-state index contributed by atoms with van der Waals surface area (Å²) in [5, 5.41) is 0. The van der Waals surface area contributed by atoms with E-state index in [9.17, 15) is 0 Å². The second-order valence-electron chi connectivity index (χ2n) is 18.7. The van der Waals surface area contributed by atoms with Crippen molar-refractivity contribution in [3.63, 3.8) is 0 Å². The van der Waals surface area contributed by atoms with Crippen molar-refractivity contribution in [1.29, 1.82) is 0 Å². The van der Waals surface area contributed by atoms with E-state index in [1.165, 1.54) is 38.7 Å². The summed E-state index contributed by atoms with van der Waals surface area (Å²) < 4.78 is 21.4. The predicted octanol–water partition coefficient (Wildman–Crippen LogP) is 8.90. The van der Waals surface area contributed by atoms with Gasteiger partial charge in [0, 0.05) is 57.6 Å². The first-order valence-electron chi connectivity index (χ1n) is 23.8. The van der Waals surface area contributed by atoms with Gasteiger partial charge in [0.1, 0.15) is 34.5 Å². The third-order valence-electron chi connectivity index (χ3n) is 15.2. The minimum atomic E-state index is -0.142. The normalized spacial score (nSPS) is 14.0. The smallest absolute Gasteiger partial charge is 0.256 e. The molecule has 69 heavy (non-hydrogen) atoms. The monoisotopic (exact) mass is 879 g/mol. The SMILES string of the molecule is c1ccc(N(c2ccccc2)c2cc3c4c(c2)N(c2ccccc2)c2cc5c(cc2B4c2ccccc2O3)Oc2cc3c4c6c2B5c2ccccc2N6c2ccccc2B4c2ccccc2O3)cc1. The van der Waals surface area contributed by atoms with Crippen molar-refractivity contribution in [3.05, 3.63) is 218 Å². The second kappa shape index (κ2) is 13.9. The van der Waals surface area contributed by atoms with Gasteiger partial charge < -0.3 is 28.9 Å². The molecule has 0 saturated heterocycles. The van der Waals surface area contributed by atoms with E-state index < -0.39 is 0 Å². The van der Waals surface area contributed by atoms with Gasteiger partial charge in [0.05, 0.1) is 5.69 Å². The summed E-state index contributed by atoms with van der Waals surface area (Å²) >= 11 is 0. The number of benzene rings is 10.